The summed E-state index contributed by atoms with van der Waals surface area (Å²) < 4.78 is 24.5. The molecule has 6 nitrogen and oxygen atoms in total. The lowest BCUT2D eigenvalue weighted by molar-refractivity contribution is -0.118. The fraction of sp³-hybridized carbons (Fsp3) is 0.364. The molecular weight excluding hydrogens is 254 g/mol. The van der Waals surface area contributed by atoms with E-state index in [-0.39, 0.29) is 5.91 Å². The molecule has 0 bridgehead atoms. The van der Waals surface area contributed by atoms with Crippen LogP contribution in [-0.2, 0) is 14.8 Å². The molecule has 1 aliphatic rings. The third kappa shape index (κ3) is 3.21. The molecule has 98 valence electrons. The van der Waals surface area contributed by atoms with Crippen LogP contribution in [0.1, 0.15) is 12.8 Å². The fourth-order valence-electron chi connectivity index (χ4n) is 1.49. The molecule has 0 heterocycles. The molecule has 7 heteroatoms. The maximum Gasteiger partial charge on any atom is 0.244 e. The average molecular weight is 269 g/mol. The van der Waals surface area contributed by atoms with E-state index < -0.39 is 15.6 Å². The van der Waals surface area contributed by atoms with E-state index in [9.17, 15) is 13.2 Å². The fourth-order valence-corrected chi connectivity index (χ4v) is 2.05. The monoisotopic (exact) mass is 269 g/mol. The van der Waals surface area contributed by atoms with Gasteiger partial charge in [-0.1, -0.05) is 6.07 Å². The predicted molar refractivity (Wildman–Crippen MR) is 69.7 cm³/mol. The Kier molecular flexibility index (Phi) is 3.04. The van der Waals surface area contributed by atoms with Crippen molar-refractivity contribution in [3.05, 3.63) is 24.3 Å². The van der Waals surface area contributed by atoms with Gasteiger partial charge in [-0.25, -0.2) is 8.42 Å². The third-order valence-electron chi connectivity index (χ3n) is 2.66. The average Bonchev–Trinajstić information content (AvgIpc) is 2.95. The number of rotatable bonds is 4. The van der Waals surface area contributed by atoms with E-state index in [0.29, 0.717) is 24.2 Å². The number of carbonyl (C=O) groups is 1. The maximum atomic E-state index is 11.7. The molecule has 2 rings (SSSR count). The molecule has 1 amide bonds. The van der Waals surface area contributed by atoms with Gasteiger partial charge in [0.2, 0.25) is 15.9 Å². The van der Waals surface area contributed by atoms with Gasteiger partial charge in [-0.2, -0.15) is 0 Å². The Hall–Kier alpha value is -1.60. The lowest BCUT2D eigenvalue weighted by Crippen LogP contribution is -2.37. The summed E-state index contributed by atoms with van der Waals surface area (Å²) in [4.78, 5) is 11.7. The molecule has 0 aliphatic heterocycles. The molecule has 0 atom stereocenters. The van der Waals surface area contributed by atoms with E-state index in [1.807, 2.05) is 0 Å². The second-order valence-electron chi connectivity index (χ2n) is 4.57. The number of benzene rings is 1. The van der Waals surface area contributed by atoms with Crippen LogP contribution in [0.2, 0.25) is 0 Å². The molecule has 1 saturated carbocycles. The van der Waals surface area contributed by atoms with Crippen molar-refractivity contribution >= 4 is 27.3 Å². The first-order chi connectivity index (χ1) is 8.28. The highest BCUT2D eigenvalue weighted by Gasteiger charge is 2.45. The van der Waals surface area contributed by atoms with Crippen LogP contribution >= 0.6 is 0 Å². The lowest BCUT2D eigenvalue weighted by atomic mass is 10.2. The largest absolute Gasteiger partial charge is 0.324 e. The SMILES string of the molecule is CS(=O)(=O)Nc1cccc(NC(=O)C2(N)CC2)c1. The number of carbonyl (C=O) groups excluding carboxylic acids is 1. The summed E-state index contributed by atoms with van der Waals surface area (Å²) in [6.45, 7) is 0. The molecule has 0 unspecified atom stereocenters. The smallest absolute Gasteiger partial charge is 0.244 e. The van der Waals surface area contributed by atoms with Crippen LogP contribution in [0.3, 0.4) is 0 Å². The van der Waals surface area contributed by atoms with Gasteiger partial charge >= 0.3 is 0 Å². The summed E-state index contributed by atoms with van der Waals surface area (Å²) in [7, 11) is -3.33. The Morgan fingerprint density at radius 1 is 1.33 bits per heavy atom. The normalized spacial score (nSPS) is 17.0. The lowest BCUT2D eigenvalue weighted by Gasteiger charge is -2.11. The zero-order chi connectivity index (χ0) is 13.4. The highest BCUT2D eigenvalue weighted by Crippen LogP contribution is 2.33. The van der Waals surface area contributed by atoms with Crippen LogP contribution < -0.4 is 15.8 Å². The van der Waals surface area contributed by atoms with Crippen molar-refractivity contribution in [2.75, 3.05) is 16.3 Å². The summed E-state index contributed by atoms with van der Waals surface area (Å²) in [5.74, 6) is -0.237. The van der Waals surface area contributed by atoms with Gasteiger partial charge in [0.05, 0.1) is 17.5 Å². The third-order valence-corrected chi connectivity index (χ3v) is 3.27. The van der Waals surface area contributed by atoms with E-state index in [1.54, 1.807) is 24.3 Å². The molecular formula is C11H15N3O3S. The Labute approximate surface area is 106 Å². The Bertz CT molecular complexity index is 579. The molecule has 18 heavy (non-hydrogen) atoms. The molecule has 0 saturated heterocycles. The minimum absolute atomic E-state index is 0.237. The van der Waals surface area contributed by atoms with Crippen LogP contribution in [0, 0.1) is 0 Å². The Balaban J connectivity index is 2.10. The van der Waals surface area contributed by atoms with Crippen molar-refractivity contribution < 1.29 is 13.2 Å². The Morgan fingerprint density at radius 3 is 2.50 bits per heavy atom. The molecule has 1 fully saturated rings. The maximum absolute atomic E-state index is 11.7. The van der Waals surface area contributed by atoms with Gasteiger partial charge in [0, 0.05) is 5.69 Å². The zero-order valence-electron chi connectivity index (χ0n) is 9.93. The first-order valence-corrected chi connectivity index (χ1v) is 7.36. The van der Waals surface area contributed by atoms with Crippen molar-refractivity contribution in [3.63, 3.8) is 0 Å². The van der Waals surface area contributed by atoms with Crippen LogP contribution in [0.5, 0.6) is 0 Å². The van der Waals surface area contributed by atoms with Gasteiger partial charge in [-0.3, -0.25) is 9.52 Å². The quantitative estimate of drug-likeness (QED) is 0.740. The van der Waals surface area contributed by atoms with E-state index in [4.69, 9.17) is 5.73 Å². The number of anilines is 2. The molecule has 0 aromatic heterocycles. The zero-order valence-corrected chi connectivity index (χ0v) is 10.8. The van der Waals surface area contributed by atoms with Gasteiger partial charge in [0.1, 0.15) is 0 Å². The van der Waals surface area contributed by atoms with E-state index >= 15 is 0 Å². The van der Waals surface area contributed by atoms with Crippen molar-refractivity contribution in [2.45, 2.75) is 18.4 Å². The number of sulfonamides is 1. The van der Waals surface area contributed by atoms with E-state index in [2.05, 4.69) is 10.0 Å². The highest BCUT2D eigenvalue weighted by atomic mass is 32.2. The van der Waals surface area contributed by atoms with Gasteiger partial charge in [-0.15, -0.1) is 0 Å². The van der Waals surface area contributed by atoms with Crippen molar-refractivity contribution in [3.8, 4) is 0 Å². The van der Waals surface area contributed by atoms with Crippen molar-refractivity contribution in [2.24, 2.45) is 5.73 Å². The number of amides is 1. The van der Waals surface area contributed by atoms with E-state index in [0.717, 1.165) is 6.26 Å². The standard InChI is InChI=1S/C11H15N3O3S/c1-18(16,17)14-9-4-2-3-8(7-9)13-10(15)11(12)5-6-11/h2-4,7,14H,5-6,12H2,1H3,(H,13,15). The van der Waals surface area contributed by atoms with Crippen LogP contribution in [0.25, 0.3) is 0 Å². The molecule has 1 aromatic carbocycles. The van der Waals surface area contributed by atoms with Gasteiger partial charge in [-0.05, 0) is 31.0 Å². The number of hydrogen-bond donors (Lipinski definition) is 3. The summed E-state index contributed by atoms with van der Waals surface area (Å²) in [5, 5.41) is 2.67. The van der Waals surface area contributed by atoms with Gasteiger partial charge in [0.25, 0.3) is 0 Å². The molecule has 1 aromatic rings. The molecule has 1 aliphatic carbocycles. The topological polar surface area (TPSA) is 101 Å². The second-order valence-corrected chi connectivity index (χ2v) is 6.31. The second kappa shape index (κ2) is 4.25. The van der Waals surface area contributed by atoms with Gasteiger partial charge < -0.3 is 11.1 Å². The first kappa shape index (κ1) is 12.8. The minimum Gasteiger partial charge on any atom is -0.324 e. The van der Waals surface area contributed by atoms with Gasteiger partial charge in [0.15, 0.2) is 0 Å². The summed E-state index contributed by atoms with van der Waals surface area (Å²) in [6, 6.07) is 6.48. The number of hydrogen-bond acceptors (Lipinski definition) is 4. The molecule has 0 spiro atoms. The van der Waals surface area contributed by atoms with Crippen molar-refractivity contribution in [1.82, 2.24) is 0 Å². The number of nitrogens with two attached hydrogens (primary N) is 1. The highest BCUT2D eigenvalue weighted by molar-refractivity contribution is 7.92. The first-order valence-electron chi connectivity index (χ1n) is 5.47. The van der Waals surface area contributed by atoms with Crippen LogP contribution in [0.15, 0.2) is 24.3 Å². The van der Waals surface area contributed by atoms with Crippen LogP contribution in [0.4, 0.5) is 11.4 Å². The molecule has 4 N–H and O–H groups in total. The summed E-state index contributed by atoms with van der Waals surface area (Å²) in [5.41, 5.74) is 5.92. The van der Waals surface area contributed by atoms with Crippen molar-refractivity contribution in [1.29, 1.82) is 0 Å². The Morgan fingerprint density at radius 2 is 1.94 bits per heavy atom. The van der Waals surface area contributed by atoms with Crippen LogP contribution in [-0.4, -0.2) is 26.1 Å². The van der Waals surface area contributed by atoms with E-state index in [1.165, 1.54) is 0 Å². The minimum atomic E-state index is -3.33. The molecule has 0 radical (unpaired) electrons. The number of nitrogens with one attached hydrogen (secondary N) is 2. The predicted octanol–water partition coefficient (Wildman–Crippen LogP) is 0.488. The summed E-state index contributed by atoms with van der Waals surface area (Å²) >= 11 is 0. The summed E-state index contributed by atoms with van der Waals surface area (Å²) in [6.07, 6.45) is 2.43.